The third-order valence-corrected chi connectivity index (χ3v) is 4.80. The van der Waals surface area contributed by atoms with Crippen LogP contribution in [0.2, 0.25) is 5.02 Å². The van der Waals surface area contributed by atoms with Crippen molar-refractivity contribution in [2.75, 3.05) is 11.9 Å². The molecule has 1 saturated carbocycles. The summed E-state index contributed by atoms with van der Waals surface area (Å²) >= 11 is 6.18. The van der Waals surface area contributed by atoms with Crippen LogP contribution in [0.3, 0.4) is 0 Å². The van der Waals surface area contributed by atoms with E-state index in [0.717, 1.165) is 12.1 Å². The largest absolute Gasteiger partial charge is 0.324 e. The Balaban J connectivity index is 1.60. The van der Waals surface area contributed by atoms with Crippen molar-refractivity contribution in [1.29, 1.82) is 0 Å². The fraction of sp³-hybridized carbons (Fsp3) is 0.500. The molecule has 0 bridgehead atoms. The lowest BCUT2D eigenvalue weighted by Crippen LogP contribution is -2.41. The van der Waals surface area contributed by atoms with E-state index in [-0.39, 0.29) is 12.5 Å². The van der Waals surface area contributed by atoms with E-state index >= 15 is 0 Å². The SMILES string of the molecule is C[C@@H]1CCCC[C@@H]1NCC(=O)Nc1cc(-n2cnnn2)ccc1Cl. The van der Waals surface area contributed by atoms with Gasteiger partial charge in [0.1, 0.15) is 6.33 Å². The molecule has 1 fully saturated rings. The van der Waals surface area contributed by atoms with E-state index in [1.165, 1.54) is 30.3 Å². The highest BCUT2D eigenvalue weighted by Gasteiger charge is 2.21. The molecule has 1 aliphatic rings. The lowest BCUT2D eigenvalue weighted by Gasteiger charge is -2.29. The first kappa shape index (κ1) is 16.9. The third kappa shape index (κ3) is 4.10. The zero-order chi connectivity index (χ0) is 16.9. The van der Waals surface area contributed by atoms with Crippen LogP contribution in [-0.4, -0.2) is 38.7 Å². The quantitative estimate of drug-likeness (QED) is 0.866. The average Bonchev–Trinajstić information content (AvgIpc) is 3.11. The number of amides is 1. The van der Waals surface area contributed by atoms with Gasteiger partial charge < -0.3 is 10.6 Å². The molecule has 0 aliphatic heterocycles. The Kier molecular flexibility index (Phi) is 5.42. The van der Waals surface area contributed by atoms with E-state index in [9.17, 15) is 4.79 Å². The number of nitrogens with one attached hydrogen (secondary N) is 2. The second kappa shape index (κ2) is 7.72. The van der Waals surface area contributed by atoms with Gasteiger partial charge in [-0.2, -0.15) is 0 Å². The Labute approximate surface area is 145 Å². The molecular formula is C16H21ClN6O. The maximum absolute atomic E-state index is 12.2. The fourth-order valence-corrected chi connectivity index (χ4v) is 3.23. The first-order valence-corrected chi connectivity index (χ1v) is 8.57. The Bertz CT molecular complexity index is 690. The van der Waals surface area contributed by atoms with E-state index in [0.29, 0.717) is 22.7 Å². The second-order valence-electron chi connectivity index (χ2n) is 6.22. The number of aromatic nitrogens is 4. The van der Waals surface area contributed by atoms with Crippen LogP contribution in [0.15, 0.2) is 24.5 Å². The number of benzene rings is 1. The van der Waals surface area contributed by atoms with Gasteiger partial charge in [-0.1, -0.05) is 31.4 Å². The molecule has 1 aromatic heterocycles. The van der Waals surface area contributed by atoms with Crippen molar-refractivity contribution >= 4 is 23.2 Å². The molecule has 8 heteroatoms. The summed E-state index contributed by atoms with van der Waals surface area (Å²) in [5, 5.41) is 17.7. The van der Waals surface area contributed by atoms with Gasteiger partial charge in [0.25, 0.3) is 0 Å². The minimum absolute atomic E-state index is 0.108. The topological polar surface area (TPSA) is 84.7 Å². The number of anilines is 1. The van der Waals surface area contributed by atoms with Crippen LogP contribution in [0.1, 0.15) is 32.6 Å². The van der Waals surface area contributed by atoms with Crippen LogP contribution >= 0.6 is 11.6 Å². The maximum atomic E-state index is 12.2. The van der Waals surface area contributed by atoms with Gasteiger partial charge in [-0.25, -0.2) is 4.68 Å². The van der Waals surface area contributed by atoms with Crippen molar-refractivity contribution in [3.63, 3.8) is 0 Å². The molecule has 0 unspecified atom stereocenters. The number of rotatable bonds is 5. The summed E-state index contributed by atoms with van der Waals surface area (Å²) in [5.41, 5.74) is 1.28. The molecular weight excluding hydrogens is 328 g/mol. The number of halogens is 1. The lowest BCUT2D eigenvalue weighted by atomic mass is 9.86. The molecule has 0 radical (unpaired) electrons. The van der Waals surface area contributed by atoms with Crippen LogP contribution in [0.5, 0.6) is 0 Å². The van der Waals surface area contributed by atoms with Gasteiger partial charge in [0.2, 0.25) is 5.91 Å². The first-order valence-electron chi connectivity index (χ1n) is 8.19. The number of carbonyl (C=O) groups excluding carboxylic acids is 1. The zero-order valence-corrected chi connectivity index (χ0v) is 14.3. The maximum Gasteiger partial charge on any atom is 0.238 e. The normalized spacial score (nSPS) is 20.8. The summed E-state index contributed by atoms with van der Waals surface area (Å²) in [4.78, 5) is 12.2. The molecule has 7 nitrogen and oxygen atoms in total. The summed E-state index contributed by atoms with van der Waals surface area (Å²) in [6.45, 7) is 2.52. The number of tetrazole rings is 1. The molecule has 1 aliphatic carbocycles. The molecule has 24 heavy (non-hydrogen) atoms. The van der Waals surface area contributed by atoms with Crippen LogP contribution in [0, 0.1) is 5.92 Å². The molecule has 2 atom stereocenters. The summed E-state index contributed by atoms with van der Waals surface area (Å²) in [5.74, 6) is 0.502. The smallest absolute Gasteiger partial charge is 0.238 e. The summed E-state index contributed by atoms with van der Waals surface area (Å²) in [6.07, 6.45) is 6.35. The highest BCUT2D eigenvalue weighted by molar-refractivity contribution is 6.33. The van der Waals surface area contributed by atoms with Gasteiger partial charge in [0.05, 0.1) is 22.9 Å². The van der Waals surface area contributed by atoms with Gasteiger partial charge in [-0.3, -0.25) is 4.79 Å². The first-order chi connectivity index (χ1) is 11.6. The number of hydrogen-bond acceptors (Lipinski definition) is 5. The van der Waals surface area contributed by atoms with Crippen LogP contribution in [-0.2, 0) is 4.79 Å². The Morgan fingerprint density at radius 2 is 2.21 bits per heavy atom. The molecule has 3 rings (SSSR count). The summed E-state index contributed by atoms with van der Waals surface area (Å²) in [6, 6.07) is 5.66. The number of carbonyl (C=O) groups is 1. The summed E-state index contributed by atoms with van der Waals surface area (Å²) < 4.78 is 1.51. The van der Waals surface area contributed by atoms with Gasteiger partial charge in [0, 0.05) is 6.04 Å². The predicted octanol–water partition coefficient (Wildman–Crippen LogP) is 2.42. The molecule has 1 heterocycles. The Morgan fingerprint density at radius 1 is 1.38 bits per heavy atom. The Morgan fingerprint density at radius 3 is 2.96 bits per heavy atom. The molecule has 2 N–H and O–H groups in total. The van der Waals surface area contributed by atoms with Gasteiger partial charge >= 0.3 is 0 Å². The molecule has 1 amide bonds. The van der Waals surface area contributed by atoms with Crippen molar-refractivity contribution in [1.82, 2.24) is 25.5 Å². The second-order valence-corrected chi connectivity index (χ2v) is 6.62. The number of nitrogens with zero attached hydrogens (tertiary/aromatic N) is 4. The minimum Gasteiger partial charge on any atom is -0.324 e. The van der Waals surface area contributed by atoms with E-state index in [1.54, 1.807) is 18.2 Å². The van der Waals surface area contributed by atoms with Crippen molar-refractivity contribution < 1.29 is 4.79 Å². The van der Waals surface area contributed by atoms with Crippen molar-refractivity contribution in [2.24, 2.45) is 5.92 Å². The fourth-order valence-electron chi connectivity index (χ4n) is 3.07. The lowest BCUT2D eigenvalue weighted by molar-refractivity contribution is -0.115. The summed E-state index contributed by atoms with van der Waals surface area (Å²) in [7, 11) is 0. The zero-order valence-electron chi connectivity index (χ0n) is 13.6. The van der Waals surface area contributed by atoms with Gasteiger partial charge in [0.15, 0.2) is 0 Å². The average molecular weight is 349 g/mol. The van der Waals surface area contributed by atoms with Gasteiger partial charge in [-0.05, 0) is 47.4 Å². The number of hydrogen-bond donors (Lipinski definition) is 2. The highest BCUT2D eigenvalue weighted by Crippen LogP contribution is 2.25. The van der Waals surface area contributed by atoms with E-state index in [2.05, 4.69) is 33.1 Å². The van der Waals surface area contributed by atoms with Crippen LogP contribution in [0.25, 0.3) is 5.69 Å². The van der Waals surface area contributed by atoms with E-state index in [4.69, 9.17) is 11.6 Å². The van der Waals surface area contributed by atoms with Crippen molar-refractivity contribution in [3.8, 4) is 5.69 Å². The monoisotopic (exact) mass is 348 g/mol. The van der Waals surface area contributed by atoms with E-state index in [1.807, 2.05) is 0 Å². The third-order valence-electron chi connectivity index (χ3n) is 4.47. The molecule has 128 valence electrons. The van der Waals surface area contributed by atoms with Gasteiger partial charge in [-0.15, -0.1) is 5.10 Å². The molecule has 0 saturated heterocycles. The van der Waals surface area contributed by atoms with E-state index < -0.39 is 0 Å². The molecule has 2 aromatic rings. The standard InChI is InChI=1S/C16H21ClN6O/c1-11-4-2-3-5-14(11)18-9-16(24)20-15-8-12(6-7-13(15)17)23-10-19-21-22-23/h6-8,10-11,14,18H,2-5,9H2,1H3,(H,20,24)/t11-,14+/m1/s1. The van der Waals surface area contributed by atoms with Crippen LogP contribution in [0.4, 0.5) is 5.69 Å². The van der Waals surface area contributed by atoms with Crippen LogP contribution < -0.4 is 10.6 Å². The van der Waals surface area contributed by atoms with Crippen molar-refractivity contribution in [2.45, 2.75) is 38.6 Å². The van der Waals surface area contributed by atoms with Crippen molar-refractivity contribution in [3.05, 3.63) is 29.5 Å². The molecule has 1 aromatic carbocycles. The Hall–Kier alpha value is -1.99. The minimum atomic E-state index is -0.108. The molecule has 0 spiro atoms. The highest BCUT2D eigenvalue weighted by atomic mass is 35.5. The predicted molar refractivity (Wildman–Crippen MR) is 92.2 cm³/mol.